The number of carbonyl (C=O) groups is 4. The molecule has 0 bridgehead atoms. The topological polar surface area (TPSA) is 105 Å². The lowest BCUT2D eigenvalue weighted by atomic mass is 9.98. The molecule has 0 aliphatic heterocycles. The zero-order valence-electron chi connectivity index (χ0n) is 17.7. The normalized spacial score (nSPS) is 9.94. The van der Waals surface area contributed by atoms with Gasteiger partial charge in [0.2, 0.25) is 0 Å². The highest BCUT2D eigenvalue weighted by Crippen LogP contribution is 2.26. The van der Waals surface area contributed by atoms with Crippen LogP contribution < -0.4 is 0 Å². The highest BCUT2D eigenvalue weighted by Gasteiger charge is 2.36. The largest absolute Gasteiger partial charge is 0.466 e. The van der Waals surface area contributed by atoms with Gasteiger partial charge in [0.05, 0.1) is 26.4 Å². The first kappa shape index (κ1) is 27.9. The standard InChI is InChI=1S/C13H13F3O4.C7H12O4/c1-3-19-12(17)11(13(18)20-4-2)10-8(15)5-7(14)6-9(10)16;1-3-10-6(8)5-7(9)11-4-2/h5-6,11H,3-4H2,1-2H3;3-5H2,1-2H3. The summed E-state index contributed by atoms with van der Waals surface area (Å²) < 4.78 is 58.4. The van der Waals surface area contributed by atoms with E-state index in [1.54, 1.807) is 13.8 Å². The van der Waals surface area contributed by atoms with Crippen LogP contribution in [0.15, 0.2) is 12.1 Å². The minimum atomic E-state index is -1.92. The highest BCUT2D eigenvalue weighted by molar-refractivity contribution is 6.01. The third-order valence-electron chi connectivity index (χ3n) is 3.28. The maximum Gasteiger partial charge on any atom is 0.325 e. The Bertz CT molecular complexity index is 710. The van der Waals surface area contributed by atoms with Crippen molar-refractivity contribution in [2.45, 2.75) is 40.0 Å². The molecule has 1 aromatic carbocycles. The van der Waals surface area contributed by atoms with Gasteiger partial charge in [-0.1, -0.05) is 0 Å². The van der Waals surface area contributed by atoms with E-state index in [1.807, 2.05) is 0 Å². The van der Waals surface area contributed by atoms with E-state index in [-0.39, 0.29) is 32.8 Å². The molecule has 0 fully saturated rings. The minimum absolute atomic E-state index is 0.0842. The predicted octanol–water partition coefficient (Wildman–Crippen LogP) is 2.82. The molecule has 1 aromatic rings. The second kappa shape index (κ2) is 14.8. The predicted molar refractivity (Wildman–Crippen MR) is 100 cm³/mol. The third-order valence-corrected chi connectivity index (χ3v) is 3.28. The second-order valence-electron chi connectivity index (χ2n) is 5.51. The molecule has 11 heteroatoms. The quantitative estimate of drug-likeness (QED) is 0.321. The molecule has 0 spiro atoms. The van der Waals surface area contributed by atoms with E-state index in [0.29, 0.717) is 12.1 Å². The summed E-state index contributed by atoms with van der Waals surface area (Å²) in [5, 5.41) is 0. The fourth-order valence-corrected chi connectivity index (χ4v) is 2.15. The third kappa shape index (κ3) is 9.96. The second-order valence-corrected chi connectivity index (χ2v) is 5.51. The van der Waals surface area contributed by atoms with Crippen LogP contribution in [0, 0.1) is 17.5 Å². The van der Waals surface area contributed by atoms with E-state index in [1.165, 1.54) is 13.8 Å². The number of esters is 4. The minimum Gasteiger partial charge on any atom is -0.466 e. The SMILES string of the molecule is CCOC(=O)C(C(=O)OCC)c1c(F)cc(F)cc1F.CCOC(=O)CC(=O)OCC. The fraction of sp³-hybridized carbons (Fsp3) is 0.500. The molecule has 0 aromatic heterocycles. The van der Waals surface area contributed by atoms with E-state index in [4.69, 9.17) is 0 Å². The van der Waals surface area contributed by atoms with Crippen LogP contribution in [0.4, 0.5) is 13.2 Å². The Morgan fingerprint density at radius 2 is 1.06 bits per heavy atom. The van der Waals surface area contributed by atoms with E-state index in [9.17, 15) is 32.3 Å². The molecule has 0 atom stereocenters. The van der Waals surface area contributed by atoms with Crippen molar-refractivity contribution < 1.29 is 51.3 Å². The Balaban J connectivity index is 0.000000695. The summed E-state index contributed by atoms with van der Waals surface area (Å²) in [5.41, 5.74) is -0.886. The van der Waals surface area contributed by atoms with Crippen molar-refractivity contribution in [1.29, 1.82) is 0 Å². The molecule has 0 saturated carbocycles. The maximum absolute atomic E-state index is 13.7. The number of halogens is 3. The summed E-state index contributed by atoms with van der Waals surface area (Å²) in [6, 6.07) is 0.758. The van der Waals surface area contributed by atoms with E-state index in [2.05, 4.69) is 18.9 Å². The van der Waals surface area contributed by atoms with Crippen LogP contribution in [-0.4, -0.2) is 50.3 Å². The summed E-state index contributed by atoms with van der Waals surface area (Å²) >= 11 is 0. The maximum atomic E-state index is 13.7. The molecule has 0 amide bonds. The Hall–Kier alpha value is -3.11. The molecule has 8 nitrogen and oxygen atoms in total. The number of hydrogen-bond donors (Lipinski definition) is 0. The van der Waals surface area contributed by atoms with Gasteiger partial charge in [-0.3, -0.25) is 19.2 Å². The van der Waals surface area contributed by atoms with Gasteiger partial charge in [-0.05, 0) is 27.7 Å². The number of ether oxygens (including phenoxy) is 4. The molecule has 0 heterocycles. The highest BCUT2D eigenvalue weighted by atomic mass is 19.1. The van der Waals surface area contributed by atoms with Gasteiger partial charge in [0.15, 0.2) is 5.92 Å². The number of rotatable bonds is 9. The van der Waals surface area contributed by atoms with Gasteiger partial charge in [-0.2, -0.15) is 0 Å². The molecule has 1 rings (SSSR count). The summed E-state index contributed by atoms with van der Waals surface area (Å²) in [5.74, 6) is -9.17. The Morgan fingerprint density at radius 3 is 1.39 bits per heavy atom. The molecule has 0 radical (unpaired) electrons. The van der Waals surface area contributed by atoms with Crippen molar-refractivity contribution in [3.8, 4) is 0 Å². The smallest absolute Gasteiger partial charge is 0.325 e. The summed E-state index contributed by atoms with van der Waals surface area (Å²) in [6.07, 6.45) is -0.290. The Kier molecular flexibility index (Phi) is 13.3. The van der Waals surface area contributed by atoms with Crippen LogP contribution in [0.25, 0.3) is 0 Å². The zero-order chi connectivity index (χ0) is 24.0. The van der Waals surface area contributed by atoms with Crippen molar-refractivity contribution >= 4 is 23.9 Å². The van der Waals surface area contributed by atoms with Crippen LogP contribution in [0.3, 0.4) is 0 Å². The van der Waals surface area contributed by atoms with E-state index >= 15 is 0 Å². The van der Waals surface area contributed by atoms with Crippen LogP contribution in [-0.2, 0) is 38.1 Å². The van der Waals surface area contributed by atoms with Crippen LogP contribution in [0.1, 0.15) is 45.6 Å². The lowest BCUT2D eigenvalue weighted by Crippen LogP contribution is -2.28. The summed E-state index contributed by atoms with van der Waals surface area (Å²) in [6.45, 7) is 6.72. The van der Waals surface area contributed by atoms with Crippen LogP contribution in [0.5, 0.6) is 0 Å². The molecule has 0 aliphatic rings. The van der Waals surface area contributed by atoms with Crippen molar-refractivity contribution in [3.63, 3.8) is 0 Å². The van der Waals surface area contributed by atoms with Crippen LogP contribution >= 0.6 is 0 Å². The average Bonchev–Trinajstić information content (AvgIpc) is 2.65. The van der Waals surface area contributed by atoms with Gasteiger partial charge in [0.25, 0.3) is 0 Å². The zero-order valence-corrected chi connectivity index (χ0v) is 17.7. The molecule has 0 unspecified atom stereocenters. The van der Waals surface area contributed by atoms with Crippen molar-refractivity contribution in [2.24, 2.45) is 0 Å². The van der Waals surface area contributed by atoms with Crippen molar-refractivity contribution in [2.75, 3.05) is 26.4 Å². The summed E-state index contributed by atoms with van der Waals surface area (Å²) in [4.78, 5) is 44.6. The van der Waals surface area contributed by atoms with Gasteiger partial charge in [0.1, 0.15) is 23.9 Å². The van der Waals surface area contributed by atoms with E-state index < -0.39 is 52.8 Å². The summed E-state index contributed by atoms with van der Waals surface area (Å²) in [7, 11) is 0. The first-order valence-electron chi connectivity index (χ1n) is 9.41. The Labute approximate surface area is 177 Å². The lowest BCUT2D eigenvalue weighted by molar-refractivity contribution is -0.158. The number of benzene rings is 1. The van der Waals surface area contributed by atoms with Crippen LogP contribution in [0.2, 0.25) is 0 Å². The molecule has 0 saturated heterocycles. The monoisotopic (exact) mass is 450 g/mol. The lowest BCUT2D eigenvalue weighted by Gasteiger charge is -2.16. The number of carbonyl (C=O) groups excluding carboxylic acids is 4. The van der Waals surface area contributed by atoms with Crippen molar-refractivity contribution in [1.82, 2.24) is 0 Å². The fourth-order valence-electron chi connectivity index (χ4n) is 2.15. The Morgan fingerprint density at radius 1 is 0.710 bits per heavy atom. The van der Waals surface area contributed by atoms with Gasteiger partial charge >= 0.3 is 23.9 Å². The van der Waals surface area contributed by atoms with Gasteiger partial charge in [-0.15, -0.1) is 0 Å². The molecular weight excluding hydrogens is 425 g/mol. The first-order valence-corrected chi connectivity index (χ1v) is 9.41. The molecule has 174 valence electrons. The van der Waals surface area contributed by atoms with Gasteiger partial charge in [0, 0.05) is 17.7 Å². The number of hydrogen-bond acceptors (Lipinski definition) is 8. The molecule has 0 aliphatic carbocycles. The molecular formula is C20H25F3O8. The van der Waals surface area contributed by atoms with Gasteiger partial charge < -0.3 is 18.9 Å². The molecule has 31 heavy (non-hydrogen) atoms. The average molecular weight is 450 g/mol. The van der Waals surface area contributed by atoms with Crippen molar-refractivity contribution in [3.05, 3.63) is 35.1 Å². The molecule has 0 N–H and O–H groups in total. The van der Waals surface area contributed by atoms with Gasteiger partial charge in [-0.25, -0.2) is 13.2 Å². The van der Waals surface area contributed by atoms with E-state index in [0.717, 1.165) is 0 Å². The first-order chi connectivity index (χ1) is 14.6.